The average Bonchev–Trinajstić information content (AvgIpc) is 3.09. The predicted molar refractivity (Wildman–Crippen MR) is 184 cm³/mol. The second-order valence-corrected chi connectivity index (χ2v) is 12.2. The Morgan fingerprint density at radius 2 is 1.34 bits per heavy atom. The average molecular weight is 793 g/mol. The molecule has 56 heavy (non-hydrogen) atoms. The van der Waals surface area contributed by atoms with Crippen LogP contribution in [-0.2, 0) is 87.4 Å². The molecule has 1 aromatic carbocycles. The van der Waals surface area contributed by atoms with Crippen molar-refractivity contribution in [2.45, 2.75) is 98.3 Å². The van der Waals surface area contributed by atoms with Crippen molar-refractivity contribution in [1.29, 1.82) is 0 Å². The van der Waals surface area contributed by atoms with E-state index >= 15 is 0 Å². The van der Waals surface area contributed by atoms with Gasteiger partial charge in [-0.15, -0.1) is 0 Å². The maximum Gasteiger partial charge on any atom is 0.337 e. The third-order valence-electron chi connectivity index (χ3n) is 7.87. The molecule has 2 aliphatic rings. The molecule has 2 aliphatic heterocycles. The van der Waals surface area contributed by atoms with Crippen molar-refractivity contribution >= 4 is 47.8 Å². The summed E-state index contributed by atoms with van der Waals surface area (Å²) < 4.78 is 60.0. The lowest BCUT2D eigenvalue weighted by Gasteiger charge is -2.45. The summed E-state index contributed by atoms with van der Waals surface area (Å²) in [7, 11) is 1.13. The van der Waals surface area contributed by atoms with Crippen LogP contribution in [0, 0.1) is 5.92 Å². The summed E-state index contributed by atoms with van der Waals surface area (Å²) in [5.41, 5.74) is 0.689. The number of carbonyl (C=O) groups excluding carboxylic acids is 8. The van der Waals surface area contributed by atoms with Gasteiger partial charge in [0.2, 0.25) is 12.6 Å². The molecule has 7 atom stereocenters. The number of rotatable bonds is 15. The first-order valence-corrected chi connectivity index (χ1v) is 17.1. The van der Waals surface area contributed by atoms with Crippen molar-refractivity contribution in [2.24, 2.45) is 5.92 Å². The number of methoxy groups -OCH3 is 1. The monoisotopic (exact) mass is 792 g/mol. The third-order valence-corrected chi connectivity index (χ3v) is 7.87. The zero-order chi connectivity index (χ0) is 41.7. The van der Waals surface area contributed by atoms with Gasteiger partial charge in [0.1, 0.15) is 12.7 Å². The lowest BCUT2D eigenvalue weighted by molar-refractivity contribution is -0.331. The Kier molecular flexibility index (Phi) is 16.5. The fraction of sp³-hybridized carbons (Fsp3) is 0.514. The van der Waals surface area contributed by atoms with Gasteiger partial charge in [0.15, 0.2) is 29.8 Å². The molecule has 2 unspecified atom stereocenters. The lowest BCUT2D eigenvalue weighted by Crippen LogP contribution is -2.63. The van der Waals surface area contributed by atoms with Crippen LogP contribution in [-0.4, -0.2) is 105 Å². The van der Waals surface area contributed by atoms with Crippen molar-refractivity contribution in [3.05, 3.63) is 47.2 Å². The van der Waals surface area contributed by atoms with Gasteiger partial charge in [0.05, 0.1) is 32.0 Å². The van der Waals surface area contributed by atoms with E-state index in [1.54, 1.807) is 13.0 Å². The normalized spacial score (nSPS) is 23.6. The Morgan fingerprint density at radius 3 is 1.91 bits per heavy atom. The summed E-state index contributed by atoms with van der Waals surface area (Å²) in [6.07, 6.45) is -6.73. The molecule has 19 heteroatoms. The maximum absolute atomic E-state index is 13.3. The Hall–Kier alpha value is -5.82. The molecule has 19 nitrogen and oxygen atoms in total. The number of hydrogen-bond donors (Lipinski definition) is 0. The predicted octanol–water partition coefficient (Wildman–Crippen LogP) is 2.09. The quantitative estimate of drug-likeness (QED) is 0.107. The molecule has 0 aliphatic carbocycles. The van der Waals surface area contributed by atoms with Gasteiger partial charge in [-0.1, -0.05) is 12.1 Å². The highest BCUT2D eigenvalue weighted by molar-refractivity contribution is 5.90. The summed E-state index contributed by atoms with van der Waals surface area (Å²) in [6.45, 7) is 7.60. The van der Waals surface area contributed by atoms with Crippen LogP contribution < -0.4 is 9.47 Å². The molecular formula is C37H44O19. The van der Waals surface area contributed by atoms with Crippen molar-refractivity contribution in [3.63, 3.8) is 0 Å². The number of benzene rings is 1. The molecule has 0 spiro atoms. The van der Waals surface area contributed by atoms with E-state index in [1.165, 1.54) is 32.1 Å². The van der Waals surface area contributed by atoms with Crippen LogP contribution >= 0.6 is 0 Å². The highest BCUT2D eigenvalue weighted by Crippen LogP contribution is 2.38. The first kappa shape index (κ1) is 44.6. The molecule has 0 radical (unpaired) electrons. The molecule has 3 rings (SSSR count). The minimum Gasteiger partial charge on any atom is -0.468 e. The van der Waals surface area contributed by atoms with Gasteiger partial charge >= 0.3 is 47.8 Å². The fourth-order valence-corrected chi connectivity index (χ4v) is 5.73. The lowest BCUT2D eigenvalue weighted by atomic mass is 9.86. The van der Waals surface area contributed by atoms with Crippen LogP contribution in [0.15, 0.2) is 41.7 Å². The Morgan fingerprint density at radius 1 is 0.732 bits per heavy atom. The number of carbonyl (C=O) groups is 8. The van der Waals surface area contributed by atoms with Crippen molar-refractivity contribution in [3.8, 4) is 11.5 Å². The SMILES string of the molecule is C/C=C1\C(O[C@@H]2O[C@H](COC(C)=O)[C@@H](OC(C)=O)[C@H](OC(C)=O)[C@H]2OC(C)=O)OC=C(C(=O)OC)C1CC(=O)OCCc1ccc(OC(C)=O)c(OC(C)=O)c1. The van der Waals surface area contributed by atoms with Crippen LogP contribution in [0.1, 0.15) is 60.5 Å². The van der Waals surface area contributed by atoms with Crippen LogP contribution in [0.2, 0.25) is 0 Å². The highest BCUT2D eigenvalue weighted by atomic mass is 16.8. The summed E-state index contributed by atoms with van der Waals surface area (Å²) >= 11 is 0. The van der Waals surface area contributed by atoms with E-state index < -0.39 is 104 Å². The van der Waals surface area contributed by atoms with Crippen LogP contribution in [0.25, 0.3) is 0 Å². The fourth-order valence-electron chi connectivity index (χ4n) is 5.73. The molecule has 306 valence electrons. The van der Waals surface area contributed by atoms with Crippen LogP contribution in [0.4, 0.5) is 0 Å². The first-order valence-electron chi connectivity index (χ1n) is 17.1. The van der Waals surface area contributed by atoms with Gasteiger partial charge in [-0.05, 0) is 24.6 Å². The number of ether oxygens (including phenoxy) is 11. The molecule has 0 bridgehead atoms. The summed E-state index contributed by atoms with van der Waals surface area (Å²) in [5.74, 6) is -7.16. The standard InChI is InChI=1S/C37H44O19/c1-9-25-26(15-31(44)47-13-12-24-10-11-28(50-19(3)39)29(14-24)51-20(4)40)27(35(45)46-8)16-49-36(25)56-37-34(54-23(7)43)33(53-22(6)42)32(52-21(5)41)30(55-37)17-48-18(2)38/h9-11,14,16,26,30,32-34,36-37H,12-13,15,17H2,1-8H3/b25-9-/t26?,30-,32-,33+,34-,36?,37+/m1/s1. The molecule has 0 N–H and O–H groups in total. The Labute approximate surface area is 321 Å². The molecule has 1 fully saturated rings. The van der Waals surface area contributed by atoms with E-state index in [4.69, 9.17) is 52.1 Å². The number of hydrogen-bond acceptors (Lipinski definition) is 19. The van der Waals surface area contributed by atoms with Gasteiger partial charge in [0, 0.05) is 59.5 Å². The second kappa shape index (κ2) is 20.7. The van der Waals surface area contributed by atoms with Crippen LogP contribution in [0.3, 0.4) is 0 Å². The number of esters is 8. The van der Waals surface area contributed by atoms with E-state index in [1.807, 2.05) is 0 Å². The maximum atomic E-state index is 13.3. The van der Waals surface area contributed by atoms with E-state index in [-0.39, 0.29) is 35.7 Å². The van der Waals surface area contributed by atoms with E-state index in [9.17, 15) is 38.4 Å². The molecular weight excluding hydrogens is 748 g/mol. The largest absolute Gasteiger partial charge is 0.468 e. The molecule has 2 heterocycles. The Bertz CT molecular complexity index is 1730. The minimum absolute atomic E-state index is 0.00739. The van der Waals surface area contributed by atoms with Crippen LogP contribution in [0.5, 0.6) is 11.5 Å². The van der Waals surface area contributed by atoms with E-state index in [0.29, 0.717) is 5.56 Å². The minimum atomic E-state index is -1.65. The number of allylic oxidation sites excluding steroid dienone is 1. The van der Waals surface area contributed by atoms with Gasteiger partial charge in [-0.2, -0.15) is 0 Å². The third kappa shape index (κ3) is 12.9. The smallest absolute Gasteiger partial charge is 0.337 e. The van der Waals surface area contributed by atoms with Crippen molar-refractivity contribution < 1.29 is 90.5 Å². The zero-order valence-electron chi connectivity index (χ0n) is 32.0. The molecule has 0 aromatic heterocycles. The Balaban J connectivity index is 1.88. The first-order chi connectivity index (χ1) is 26.4. The summed E-state index contributed by atoms with van der Waals surface area (Å²) in [4.78, 5) is 97.5. The van der Waals surface area contributed by atoms with Crippen molar-refractivity contribution in [1.82, 2.24) is 0 Å². The molecule has 1 saturated heterocycles. The van der Waals surface area contributed by atoms with Gasteiger partial charge in [0.25, 0.3) is 0 Å². The second-order valence-electron chi connectivity index (χ2n) is 12.2. The molecule has 1 aromatic rings. The molecule has 0 saturated carbocycles. The van der Waals surface area contributed by atoms with Crippen molar-refractivity contribution in [2.75, 3.05) is 20.3 Å². The van der Waals surface area contributed by atoms with E-state index in [2.05, 4.69) is 0 Å². The van der Waals surface area contributed by atoms with Gasteiger partial charge in [-0.3, -0.25) is 33.6 Å². The molecule has 0 amide bonds. The van der Waals surface area contributed by atoms with E-state index in [0.717, 1.165) is 41.1 Å². The van der Waals surface area contributed by atoms with Gasteiger partial charge < -0.3 is 52.1 Å². The summed E-state index contributed by atoms with van der Waals surface area (Å²) in [5, 5.41) is 0. The zero-order valence-corrected chi connectivity index (χ0v) is 32.0. The highest BCUT2D eigenvalue weighted by Gasteiger charge is 2.54. The summed E-state index contributed by atoms with van der Waals surface area (Å²) in [6, 6.07) is 4.47. The topological polar surface area (TPSA) is 238 Å². The van der Waals surface area contributed by atoms with Gasteiger partial charge in [-0.25, -0.2) is 4.79 Å².